The molecule has 4 unspecified atom stereocenters. The van der Waals surface area contributed by atoms with Crippen LogP contribution < -0.4 is 0 Å². The van der Waals surface area contributed by atoms with Gasteiger partial charge < -0.3 is 19.9 Å². The fourth-order valence-corrected chi connectivity index (χ4v) is 5.17. The summed E-state index contributed by atoms with van der Waals surface area (Å²) in [4.78, 5) is 0. The predicted molar refractivity (Wildman–Crippen MR) is 120 cm³/mol. The van der Waals surface area contributed by atoms with Gasteiger partial charge in [0.25, 0.3) is 0 Å². The highest BCUT2D eigenvalue weighted by Crippen LogP contribution is 2.36. The number of hydrogen-bond donors (Lipinski definition) is 2. The molecule has 0 radical (unpaired) electrons. The number of ether oxygens (including phenoxy) is 2. The molecule has 0 amide bonds. The number of unbranched alkanes of at least 4 members (excludes halogenated alkanes) is 1. The van der Waals surface area contributed by atoms with E-state index in [2.05, 4.69) is 55.4 Å². The maximum atomic E-state index is 10.5. The third-order valence-corrected chi connectivity index (χ3v) is 7.12. The highest BCUT2D eigenvalue weighted by Gasteiger charge is 2.43. The Morgan fingerprint density at radius 2 is 1.07 bits per heavy atom. The number of nitrogens with zero attached hydrogens (tertiary/aromatic N) is 2. The van der Waals surface area contributed by atoms with Crippen LogP contribution in [0.1, 0.15) is 93.9 Å². The average Bonchev–Trinajstić information content (AvgIpc) is 2.62. The Bertz CT molecular complexity index is 477. The SMILES string of the molecule is CC(C)C1CC(OCCCCOC2CC(C(C)C)N(O)C(C)(C)C2)CC(C)(C)N1O. The summed E-state index contributed by atoms with van der Waals surface area (Å²) in [6.07, 6.45) is 5.88. The number of hydroxylamine groups is 4. The molecule has 0 saturated carbocycles. The zero-order chi connectivity index (χ0) is 22.7. The summed E-state index contributed by atoms with van der Waals surface area (Å²) in [5.74, 6) is 0.802. The maximum absolute atomic E-state index is 10.5. The highest BCUT2D eigenvalue weighted by atomic mass is 16.5. The Labute approximate surface area is 184 Å². The zero-order valence-electron chi connectivity index (χ0n) is 20.7. The van der Waals surface area contributed by atoms with Crippen molar-refractivity contribution in [3.8, 4) is 0 Å². The van der Waals surface area contributed by atoms with E-state index in [0.717, 1.165) is 51.7 Å². The Hall–Kier alpha value is -0.240. The van der Waals surface area contributed by atoms with E-state index in [4.69, 9.17) is 9.47 Å². The largest absolute Gasteiger partial charge is 0.378 e. The lowest BCUT2D eigenvalue weighted by Gasteiger charge is -2.48. The van der Waals surface area contributed by atoms with Crippen LogP contribution in [0.3, 0.4) is 0 Å². The first-order chi connectivity index (χ1) is 13.8. The molecule has 30 heavy (non-hydrogen) atoms. The van der Waals surface area contributed by atoms with Gasteiger partial charge >= 0.3 is 0 Å². The van der Waals surface area contributed by atoms with Gasteiger partial charge in [-0.2, -0.15) is 10.1 Å². The normalized spacial score (nSPS) is 32.8. The van der Waals surface area contributed by atoms with Gasteiger partial charge in [0.1, 0.15) is 0 Å². The lowest BCUT2D eigenvalue weighted by molar-refractivity contribution is -0.241. The van der Waals surface area contributed by atoms with E-state index in [1.807, 2.05) is 0 Å². The molecule has 0 aliphatic carbocycles. The summed E-state index contributed by atoms with van der Waals surface area (Å²) in [6.45, 7) is 18.5. The molecular weight excluding hydrogens is 380 g/mol. The second kappa shape index (κ2) is 10.6. The van der Waals surface area contributed by atoms with E-state index in [0.29, 0.717) is 11.8 Å². The van der Waals surface area contributed by atoms with Gasteiger partial charge in [0.05, 0.1) is 12.2 Å². The van der Waals surface area contributed by atoms with E-state index in [1.54, 1.807) is 10.1 Å². The molecule has 2 fully saturated rings. The van der Waals surface area contributed by atoms with Crippen LogP contribution in [0.4, 0.5) is 0 Å². The van der Waals surface area contributed by atoms with Crippen molar-refractivity contribution in [2.75, 3.05) is 13.2 Å². The van der Waals surface area contributed by atoms with Gasteiger partial charge in [0.15, 0.2) is 0 Å². The first kappa shape index (κ1) is 26.0. The van der Waals surface area contributed by atoms with Gasteiger partial charge in [-0.05, 0) is 78.1 Å². The fraction of sp³-hybridized carbons (Fsp3) is 1.00. The zero-order valence-corrected chi connectivity index (χ0v) is 20.7. The third-order valence-electron chi connectivity index (χ3n) is 7.12. The van der Waals surface area contributed by atoms with Crippen molar-refractivity contribution in [3.05, 3.63) is 0 Å². The number of hydrogen-bond acceptors (Lipinski definition) is 6. The third kappa shape index (κ3) is 6.63. The fourth-order valence-electron chi connectivity index (χ4n) is 5.17. The van der Waals surface area contributed by atoms with E-state index in [9.17, 15) is 10.4 Å². The number of rotatable bonds is 9. The molecule has 0 spiro atoms. The van der Waals surface area contributed by atoms with Crippen LogP contribution in [0, 0.1) is 11.8 Å². The monoisotopic (exact) mass is 428 g/mol. The van der Waals surface area contributed by atoms with Crippen molar-refractivity contribution >= 4 is 0 Å². The van der Waals surface area contributed by atoms with E-state index in [1.165, 1.54) is 0 Å². The molecule has 0 bridgehead atoms. The topological polar surface area (TPSA) is 65.4 Å². The summed E-state index contributed by atoms with van der Waals surface area (Å²) in [7, 11) is 0. The van der Waals surface area contributed by atoms with Crippen molar-refractivity contribution < 1.29 is 19.9 Å². The molecule has 2 heterocycles. The van der Waals surface area contributed by atoms with Gasteiger partial charge in [-0.25, -0.2) is 0 Å². The average molecular weight is 429 g/mol. The minimum absolute atomic E-state index is 0.150. The van der Waals surface area contributed by atoms with E-state index >= 15 is 0 Å². The van der Waals surface area contributed by atoms with Crippen molar-refractivity contribution in [2.45, 2.75) is 129 Å². The summed E-state index contributed by atoms with van der Waals surface area (Å²) in [6, 6.07) is 0.300. The van der Waals surface area contributed by atoms with Crippen molar-refractivity contribution in [1.82, 2.24) is 10.1 Å². The Morgan fingerprint density at radius 1 is 0.733 bits per heavy atom. The molecule has 6 heteroatoms. The van der Waals surface area contributed by atoms with Gasteiger partial charge in [0, 0.05) is 36.4 Å². The van der Waals surface area contributed by atoms with Crippen LogP contribution >= 0.6 is 0 Å². The molecule has 0 aromatic rings. The number of piperidine rings is 2. The molecule has 2 rings (SSSR count). The second-order valence-corrected chi connectivity index (χ2v) is 11.5. The summed E-state index contributed by atoms with van der Waals surface area (Å²) in [5, 5.41) is 24.1. The first-order valence-corrected chi connectivity index (χ1v) is 12.0. The minimum Gasteiger partial charge on any atom is -0.378 e. The van der Waals surface area contributed by atoms with Gasteiger partial charge in [-0.15, -0.1) is 0 Å². The lowest BCUT2D eigenvalue weighted by Crippen LogP contribution is -2.57. The molecule has 0 aromatic heterocycles. The minimum atomic E-state index is -0.248. The molecule has 6 nitrogen and oxygen atoms in total. The Morgan fingerprint density at radius 3 is 1.37 bits per heavy atom. The van der Waals surface area contributed by atoms with Crippen LogP contribution in [-0.2, 0) is 9.47 Å². The van der Waals surface area contributed by atoms with E-state index < -0.39 is 0 Å². The van der Waals surface area contributed by atoms with Gasteiger partial charge in [0.2, 0.25) is 0 Å². The highest BCUT2D eigenvalue weighted by molar-refractivity contribution is 4.93. The predicted octanol–water partition coefficient (Wildman–Crippen LogP) is 5.11. The summed E-state index contributed by atoms with van der Waals surface area (Å²) < 4.78 is 12.4. The van der Waals surface area contributed by atoms with Crippen molar-refractivity contribution in [3.63, 3.8) is 0 Å². The van der Waals surface area contributed by atoms with E-state index in [-0.39, 0.29) is 35.4 Å². The standard InChI is InChI=1S/C24H48N2O4/c1-17(2)21-13-19(15-23(5,6)25(21)27)29-11-9-10-12-30-20-14-22(18(3)4)26(28)24(7,8)16-20/h17-22,27-28H,9-16H2,1-8H3. The quantitative estimate of drug-likeness (QED) is 0.497. The molecule has 2 aliphatic rings. The smallest absolute Gasteiger partial charge is 0.0609 e. The summed E-state index contributed by atoms with van der Waals surface area (Å²) in [5.41, 5.74) is -0.495. The lowest BCUT2D eigenvalue weighted by atomic mass is 9.82. The maximum Gasteiger partial charge on any atom is 0.0609 e. The second-order valence-electron chi connectivity index (χ2n) is 11.5. The Balaban J connectivity index is 1.69. The molecule has 4 atom stereocenters. The first-order valence-electron chi connectivity index (χ1n) is 12.0. The molecule has 2 aliphatic heterocycles. The summed E-state index contributed by atoms with van der Waals surface area (Å²) >= 11 is 0. The Kier molecular flexibility index (Phi) is 9.18. The van der Waals surface area contributed by atoms with Crippen molar-refractivity contribution in [1.29, 1.82) is 0 Å². The van der Waals surface area contributed by atoms with Crippen LogP contribution in [-0.4, -0.2) is 69.1 Å². The van der Waals surface area contributed by atoms with Crippen molar-refractivity contribution in [2.24, 2.45) is 11.8 Å². The van der Waals surface area contributed by atoms with Crippen LogP contribution in [0.15, 0.2) is 0 Å². The van der Waals surface area contributed by atoms with Gasteiger partial charge in [-0.3, -0.25) is 0 Å². The van der Waals surface area contributed by atoms with Gasteiger partial charge in [-0.1, -0.05) is 27.7 Å². The molecular formula is C24H48N2O4. The molecule has 0 aromatic carbocycles. The van der Waals surface area contributed by atoms with Crippen LogP contribution in [0.25, 0.3) is 0 Å². The molecule has 2 saturated heterocycles. The molecule has 178 valence electrons. The van der Waals surface area contributed by atoms with Crippen LogP contribution in [0.5, 0.6) is 0 Å². The van der Waals surface area contributed by atoms with Crippen LogP contribution in [0.2, 0.25) is 0 Å². The molecule has 2 N–H and O–H groups in total.